The molecule has 460 valence electrons. The fourth-order valence-electron chi connectivity index (χ4n) is 9.74. The van der Waals surface area contributed by atoms with Gasteiger partial charge in [0.15, 0.2) is 5.75 Å². The van der Waals surface area contributed by atoms with Gasteiger partial charge in [-0.2, -0.15) is 5.10 Å². The van der Waals surface area contributed by atoms with Crippen LogP contribution in [-0.4, -0.2) is 189 Å². The van der Waals surface area contributed by atoms with E-state index in [1.165, 1.54) is 71.8 Å². The number of aromatic hydroxyl groups is 3. The van der Waals surface area contributed by atoms with E-state index >= 15 is 0 Å². The molecule has 0 saturated carbocycles. The molecule has 3 aromatic rings. The van der Waals surface area contributed by atoms with Gasteiger partial charge in [-0.1, -0.05) is 59.8 Å². The zero-order valence-corrected chi connectivity index (χ0v) is 49.9. The van der Waals surface area contributed by atoms with Crippen LogP contribution >= 0.6 is 0 Å². The summed E-state index contributed by atoms with van der Waals surface area (Å²) in [7, 11) is 3.42. The first-order valence-electron chi connectivity index (χ1n) is 28.0. The van der Waals surface area contributed by atoms with Gasteiger partial charge in [0.05, 0.1) is 66.2 Å². The van der Waals surface area contributed by atoms with E-state index in [0.29, 0.717) is 18.7 Å². The van der Waals surface area contributed by atoms with Crippen LogP contribution < -0.4 is 32.0 Å². The number of carbonyl (C=O) groups is 4. The molecule has 0 unspecified atom stereocenters. The SMILES string of the molecule is CC[C@@H](CO)NCCN[C@@H](CC)CO.CO[C@H]1/C=C/O[C@@]2(C)Oc3c(C)c(O)c4c(O)c(c(/C=N\N5CCN(C)CC5)c(O)c4c3C2=O)NC(=O)/C(C)=C\C=C\[C@@H](C)[C@H](O)[C@@H](C)[C@H](O)[C@@H](C)[C@H](OC(C)=O)[C@@H]1C.NNC(=O)c1ccncc1. The van der Waals surface area contributed by atoms with Crippen LogP contribution in [0.3, 0.4) is 0 Å². The number of aliphatic hydroxyl groups excluding tert-OH is 4. The Morgan fingerprint density at radius 3 is 2.05 bits per heavy atom. The second-order valence-electron chi connectivity index (χ2n) is 21.3. The number of hydrogen-bond donors (Lipinski definition) is 12. The number of likely N-dealkylation sites (N-methyl/N-ethyl adjacent to an activating group) is 1. The van der Waals surface area contributed by atoms with E-state index in [4.69, 9.17) is 35.0 Å². The number of allylic oxidation sites excluding steroid dienone is 2. The number of carbonyl (C=O) groups excluding carboxylic acids is 4. The molecule has 1 fully saturated rings. The van der Waals surface area contributed by atoms with Gasteiger partial charge in [0.1, 0.15) is 23.4 Å². The van der Waals surface area contributed by atoms with E-state index in [2.05, 4.69) is 30.9 Å². The molecule has 4 aliphatic heterocycles. The summed E-state index contributed by atoms with van der Waals surface area (Å²) in [6.07, 6.45) is 9.80. The van der Waals surface area contributed by atoms with Crippen LogP contribution in [0.2, 0.25) is 0 Å². The summed E-state index contributed by atoms with van der Waals surface area (Å²) >= 11 is 0. The van der Waals surface area contributed by atoms with Gasteiger partial charge in [0.2, 0.25) is 0 Å². The molecular weight excluding hydrogens is 1070 g/mol. The minimum Gasteiger partial charge on any atom is -0.507 e. The third-order valence-electron chi connectivity index (χ3n) is 15.4. The molecule has 1 saturated heterocycles. The molecule has 5 bridgehead atoms. The largest absolute Gasteiger partial charge is 0.507 e. The van der Waals surface area contributed by atoms with Crippen molar-refractivity contribution in [2.24, 2.45) is 34.6 Å². The number of methoxy groups -OCH3 is 1. The number of anilines is 1. The molecule has 24 heteroatoms. The highest BCUT2D eigenvalue weighted by Crippen LogP contribution is 2.55. The van der Waals surface area contributed by atoms with Crippen molar-refractivity contribution in [1.29, 1.82) is 0 Å². The monoisotopic (exact) mass is 1160 g/mol. The van der Waals surface area contributed by atoms with E-state index in [0.717, 1.165) is 39.0 Å². The van der Waals surface area contributed by atoms with Crippen LogP contribution in [-0.2, 0) is 23.8 Å². The number of nitrogen functional groups attached to an aromatic ring is 1. The lowest BCUT2D eigenvalue weighted by molar-refractivity contribution is -0.160. The summed E-state index contributed by atoms with van der Waals surface area (Å²) in [5.74, 6) is -3.76. The Labute approximate surface area is 486 Å². The zero-order valence-electron chi connectivity index (χ0n) is 49.9. The Morgan fingerprint density at radius 2 is 1.51 bits per heavy atom. The van der Waals surface area contributed by atoms with E-state index in [9.17, 15) is 44.7 Å². The van der Waals surface area contributed by atoms with Crippen molar-refractivity contribution in [3.05, 3.63) is 82.9 Å². The summed E-state index contributed by atoms with van der Waals surface area (Å²) in [6.45, 7) is 21.2. The molecule has 24 nitrogen and oxygen atoms in total. The fourth-order valence-corrected chi connectivity index (χ4v) is 9.74. The number of phenolic OH excluding ortho intramolecular Hbond substituents is 3. The number of piperazine rings is 1. The van der Waals surface area contributed by atoms with Crippen LogP contribution in [0, 0.1) is 30.6 Å². The quantitative estimate of drug-likeness (QED) is 0.0160. The van der Waals surface area contributed by atoms with Crippen molar-refractivity contribution >= 4 is 46.2 Å². The van der Waals surface area contributed by atoms with E-state index in [-0.39, 0.29) is 75.7 Å². The van der Waals surface area contributed by atoms with Gasteiger partial charge in [-0.3, -0.25) is 34.6 Å². The molecule has 0 aliphatic carbocycles. The van der Waals surface area contributed by atoms with Crippen molar-refractivity contribution in [3.63, 3.8) is 0 Å². The molecule has 2 amide bonds. The fraction of sp³-hybridized carbons (Fsp3) is 0.559. The van der Waals surface area contributed by atoms with Crippen LogP contribution in [0.15, 0.2) is 65.8 Å². The normalized spacial score (nSPS) is 26.5. The minimum atomic E-state index is -2.04. The zero-order chi connectivity index (χ0) is 61.9. The Bertz CT molecular complexity index is 2750. The number of benzene rings is 2. The molecule has 1 aromatic heterocycles. The Kier molecular flexibility index (Phi) is 26.8. The number of phenols is 3. The molecule has 5 heterocycles. The third-order valence-corrected chi connectivity index (χ3v) is 15.4. The Hall–Kier alpha value is -6.74. The van der Waals surface area contributed by atoms with Crippen LogP contribution in [0.5, 0.6) is 23.0 Å². The van der Waals surface area contributed by atoms with Crippen LogP contribution in [0.1, 0.15) is 107 Å². The summed E-state index contributed by atoms with van der Waals surface area (Å²) in [5, 5.41) is 91.1. The summed E-state index contributed by atoms with van der Waals surface area (Å²) in [6, 6.07) is 3.57. The maximum absolute atomic E-state index is 14.4. The maximum atomic E-state index is 14.4. The van der Waals surface area contributed by atoms with Crippen molar-refractivity contribution in [2.45, 2.75) is 124 Å². The molecular formula is C59H89N9O15. The number of amides is 2. The van der Waals surface area contributed by atoms with Crippen molar-refractivity contribution in [3.8, 4) is 23.0 Å². The van der Waals surface area contributed by atoms with Gasteiger partial charge in [0, 0.05) is 130 Å². The lowest BCUT2D eigenvalue weighted by Crippen LogP contribution is -2.46. The summed E-state index contributed by atoms with van der Waals surface area (Å²) < 4.78 is 23.6. The molecule has 4 aliphatic rings. The number of nitrogens with one attached hydrogen (secondary N) is 4. The van der Waals surface area contributed by atoms with Crippen molar-refractivity contribution in [1.82, 2.24) is 31.0 Å². The molecule has 2 aromatic carbocycles. The number of Topliss-reactive ketones (excluding diaryl/α,β-unsaturated/α-hetero) is 1. The second kappa shape index (κ2) is 32.4. The number of hydrazone groups is 1. The summed E-state index contributed by atoms with van der Waals surface area (Å²) in [5.41, 5.74) is 2.18. The van der Waals surface area contributed by atoms with Gasteiger partial charge >= 0.3 is 11.8 Å². The van der Waals surface area contributed by atoms with Crippen LogP contribution in [0.4, 0.5) is 5.69 Å². The highest BCUT2D eigenvalue weighted by Gasteiger charge is 2.50. The smallest absolute Gasteiger partial charge is 0.312 e. The number of hydrazine groups is 1. The number of pyridine rings is 1. The number of fused-ring (bicyclic) bond motifs is 14. The Balaban J connectivity index is 0.000000507. The van der Waals surface area contributed by atoms with Gasteiger partial charge < -0.3 is 75.5 Å². The average Bonchev–Trinajstić information content (AvgIpc) is 2.93. The Morgan fingerprint density at radius 1 is 0.904 bits per heavy atom. The topological polar surface area (TPSA) is 353 Å². The van der Waals surface area contributed by atoms with Gasteiger partial charge in [-0.15, -0.1) is 0 Å². The molecule has 83 heavy (non-hydrogen) atoms. The number of ketones is 1. The standard InChI is InChI=1S/C43H58N4O12.C10H24N2O2.C6H7N3O/c1-21-12-11-13-22(2)42(55)45-33-28(20-44-47-17-15-46(9)16-18-47)37(52)30-31(38(33)53)36(51)26(6)40-32(30)41(54)43(8,59-40)57-19-14-29(56-10)23(3)39(58-27(7)48)25(5)35(50)24(4)34(21)49;1-3-9(7-13)11-5-6-12-10(4-2)8-14;7-9-6(10)5-1-3-8-4-2-5/h11-14,19-21,23-25,29,34-35,39,49-53H,15-18H2,1-10H3,(H,45,55);9-14H,3-8H2,1-2H3;1-4H,7H2,(H,9,10)/b12-11+,19-14+,22-13-,44-20-;;/t21-,23-,24-,25-,29+,34+,35+,39-,43+;9-,10-;/m10./s1. The molecule has 0 spiro atoms. The lowest BCUT2D eigenvalue weighted by Gasteiger charge is -2.38. The molecule has 0 radical (unpaired) electrons. The number of aromatic nitrogens is 1. The van der Waals surface area contributed by atoms with E-state index < -0.39 is 88.8 Å². The van der Waals surface area contributed by atoms with E-state index in [1.807, 2.05) is 26.3 Å². The predicted molar refractivity (Wildman–Crippen MR) is 315 cm³/mol. The van der Waals surface area contributed by atoms with E-state index in [1.54, 1.807) is 57.0 Å². The number of nitrogens with zero attached hydrogens (tertiary/aromatic N) is 4. The highest BCUT2D eigenvalue weighted by atomic mass is 16.7. The number of rotatable bonds is 14. The van der Waals surface area contributed by atoms with Gasteiger partial charge in [0.25, 0.3) is 17.6 Å². The average molecular weight is 1160 g/mol. The molecule has 11 atom stereocenters. The first kappa shape index (κ1) is 68.8. The third kappa shape index (κ3) is 17.7. The summed E-state index contributed by atoms with van der Waals surface area (Å²) in [4.78, 5) is 57.1. The van der Waals surface area contributed by atoms with Crippen molar-refractivity contribution < 1.29 is 73.9 Å². The van der Waals surface area contributed by atoms with Gasteiger partial charge in [-0.05, 0) is 51.9 Å². The second-order valence-corrected chi connectivity index (χ2v) is 21.3. The number of aliphatic hydroxyl groups is 4. The first-order valence-corrected chi connectivity index (χ1v) is 28.0. The lowest BCUT2D eigenvalue weighted by atomic mass is 9.78. The number of esters is 1. The van der Waals surface area contributed by atoms with Crippen molar-refractivity contribution in [2.75, 3.05) is 72.0 Å². The number of ether oxygens (including phenoxy) is 4. The minimum absolute atomic E-state index is 0.0559. The number of hydrogen-bond acceptors (Lipinski definition) is 22. The van der Waals surface area contributed by atoms with Crippen LogP contribution in [0.25, 0.3) is 10.8 Å². The maximum Gasteiger partial charge on any atom is 0.312 e. The first-order chi connectivity index (χ1) is 39.4. The molecule has 13 N–H and O–H groups in total. The van der Waals surface area contributed by atoms with Gasteiger partial charge in [-0.25, -0.2) is 5.84 Å². The predicted octanol–water partition coefficient (Wildman–Crippen LogP) is 3.73. The highest BCUT2D eigenvalue weighted by molar-refractivity contribution is 6.24. The number of nitrogens with two attached hydrogens (primary N) is 1. The molecule has 7 rings (SSSR count).